The van der Waals surface area contributed by atoms with Gasteiger partial charge < -0.3 is 0 Å². The first-order valence-corrected chi connectivity index (χ1v) is 24.6. The first-order valence-electron chi connectivity index (χ1n) is 21.7. The summed E-state index contributed by atoms with van der Waals surface area (Å²) in [6.45, 7) is 33.6. The van der Waals surface area contributed by atoms with E-state index in [1.807, 2.05) is 76.2 Å². The van der Waals surface area contributed by atoms with Crippen molar-refractivity contribution < 1.29 is 27.5 Å². The Hall–Kier alpha value is -4.86. The Bertz CT molecular complexity index is 2520. The average Bonchev–Trinajstić information content (AvgIpc) is 3.18. The van der Waals surface area contributed by atoms with Gasteiger partial charge in [0.25, 0.3) is 0 Å². The van der Waals surface area contributed by atoms with Crippen LogP contribution < -0.4 is 27.9 Å². The van der Waals surface area contributed by atoms with Gasteiger partial charge in [-0.05, 0) is 0 Å². The summed E-state index contributed by atoms with van der Waals surface area (Å²) >= 11 is 0. The summed E-state index contributed by atoms with van der Waals surface area (Å²) in [5.74, 6) is 3.19. The summed E-state index contributed by atoms with van der Waals surface area (Å²) in [5.41, 5.74) is 16.1. The van der Waals surface area contributed by atoms with E-state index >= 15 is 0 Å². The van der Waals surface area contributed by atoms with E-state index in [1.165, 1.54) is 0 Å². The maximum absolute atomic E-state index is 13.8. The first-order chi connectivity index (χ1) is 29.2. The number of aryl methyl sites for hydroxylation is 10. The summed E-state index contributed by atoms with van der Waals surface area (Å²) in [7, 11) is -6.60. The van der Waals surface area contributed by atoms with Crippen molar-refractivity contribution in [2.45, 2.75) is 123 Å². The normalized spacial score (nSPS) is 12.0. The van der Waals surface area contributed by atoms with Gasteiger partial charge in [0.1, 0.15) is 0 Å². The van der Waals surface area contributed by atoms with Crippen molar-refractivity contribution in [3.63, 3.8) is 0 Å². The molecule has 0 unspecified atom stereocenters. The molecule has 0 spiro atoms. The molecule has 6 aromatic carbocycles. The standard InChI is InChI=1S/C54H66O6P2/c1-31(2)45-29-37(9)43(15)51(53(45)58-61(56-47-21-17-33(5)25-39(47)11)57-48-22-18-34(6)26-40(48)12)52-44(16)38(10)30-46(32(3)4)54(52)62(55,59-49-23-19-35(7)27-41(49)13)60-50-24-20-36(8)28-42(50)14/h17-32,55,62H,1-16H3. The van der Waals surface area contributed by atoms with Crippen LogP contribution in [0, 0.1) is 83.1 Å². The van der Waals surface area contributed by atoms with Crippen LogP contribution in [-0.4, -0.2) is 4.89 Å². The predicted molar refractivity (Wildman–Crippen MR) is 263 cm³/mol. The molecule has 0 bridgehead atoms. The molecular formula is C54H66O6P2. The Kier molecular flexibility index (Phi) is 14.2. The third-order valence-corrected chi connectivity index (χ3v) is 15.0. The SMILES string of the molecule is Cc1ccc(OP(Oc2ccc(C)cc2C)Oc2c(C(C)C)cc(C)c(C)c2-c2c(C)c(C)cc(C(C)C)c2[PH](O)(Oc2ccc(C)cc2C)Oc2ccc(C)cc2C)c(C)c1. The van der Waals surface area contributed by atoms with Crippen molar-refractivity contribution >= 4 is 21.9 Å². The molecule has 0 aliphatic rings. The molecule has 0 aliphatic carbocycles. The van der Waals surface area contributed by atoms with Crippen LogP contribution in [0.15, 0.2) is 84.9 Å². The Balaban J connectivity index is 1.70. The van der Waals surface area contributed by atoms with E-state index < -0.39 is 16.5 Å². The molecule has 0 aromatic heterocycles. The molecule has 0 heterocycles. The number of benzene rings is 6. The van der Waals surface area contributed by atoms with E-state index in [1.54, 1.807) is 0 Å². The van der Waals surface area contributed by atoms with Gasteiger partial charge in [-0.3, -0.25) is 0 Å². The second-order valence-corrected chi connectivity index (χ2v) is 21.0. The van der Waals surface area contributed by atoms with Gasteiger partial charge in [0.2, 0.25) is 0 Å². The minimum absolute atomic E-state index is 0.00984. The molecule has 0 radical (unpaired) electrons. The molecule has 6 nitrogen and oxygen atoms in total. The molecule has 0 saturated carbocycles. The Morgan fingerprint density at radius 2 is 0.774 bits per heavy atom. The molecule has 8 heteroatoms. The molecule has 328 valence electrons. The molecule has 0 saturated heterocycles. The van der Waals surface area contributed by atoms with Crippen LogP contribution in [0.5, 0.6) is 28.7 Å². The van der Waals surface area contributed by atoms with Crippen molar-refractivity contribution in [2.75, 3.05) is 0 Å². The second kappa shape index (κ2) is 18.9. The summed E-state index contributed by atoms with van der Waals surface area (Å²) in [6, 6.07) is 28.7. The molecular weight excluding hydrogens is 807 g/mol. The topological polar surface area (TPSA) is 66.4 Å². The van der Waals surface area contributed by atoms with Gasteiger partial charge in [0, 0.05) is 0 Å². The summed E-state index contributed by atoms with van der Waals surface area (Å²) in [6.07, 6.45) is 0. The van der Waals surface area contributed by atoms with E-state index in [-0.39, 0.29) is 11.8 Å². The van der Waals surface area contributed by atoms with E-state index in [4.69, 9.17) is 22.6 Å². The molecule has 0 amide bonds. The van der Waals surface area contributed by atoms with Gasteiger partial charge in [-0.25, -0.2) is 0 Å². The van der Waals surface area contributed by atoms with Crippen molar-refractivity contribution in [1.29, 1.82) is 0 Å². The number of rotatable bonds is 14. The van der Waals surface area contributed by atoms with Crippen LogP contribution in [0.4, 0.5) is 0 Å². The maximum atomic E-state index is 13.8. The van der Waals surface area contributed by atoms with Crippen LogP contribution in [0.3, 0.4) is 0 Å². The quantitative estimate of drug-likeness (QED) is 0.110. The fourth-order valence-electron chi connectivity index (χ4n) is 8.14. The predicted octanol–water partition coefficient (Wildman–Crippen LogP) is 15.3. The Labute approximate surface area is 373 Å². The van der Waals surface area contributed by atoms with Crippen LogP contribution in [0.1, 0.15) is 117 Å². The third kappa shape index (κ3) is 10.00. The zero-order chi connectivity index (χ0) is 45.4. The van der Waals surface area contributed by atoms with E-state index in [0.29, 0.717) is 34.1 Å². The number of hydrogen-bond acceptors (Lipinski definition) is 6. The van der Waals surface area contributed by atoms with Gasteiger partial charge in [-0.2, -0.15) is 0 Å². The average molecular weight is 873 g/mol. The van der Waals surface area contributed by atoms with Crippen molar-refractivity contribution in [1.82, 2.24) is 0 Å². The monoisotopic (exact) mass is 872 g/mol. The molecule has 0 fully saturated rings. The molecule has 1 N–H and O–H groups in total. The van der Waals surface area contributed by atoms with Gasteiger partial charge in [0.15, 0.2) is 0 Å². The third-order valence-electron chi connectivity index (χ3n) is 11.8. The Morgan fingerprint density at radius 1 is 0.419 bits per heavy atom. The summed E-state index contributed by atoms with van der Waals surface area (Å²) < 4.78 is 35.2. The summed E-state index contributed by atoms with van der Waals surface area (Å²) in [4.78, 5) is 13.8. The van der Waals surface area contributed by atoms with Gasteiger partial charge in [-0.15, -0.1) is 0 Å². The second-order valence-electron chi connectivity index (χ2n) is 17.9. The zero-order valence-electron chi connectivity index (χ0n) is 39.7. The van der Waals surface area contributed by atoms with Gasteiger partial charge in [0.05, 0.1) is 0 Å². The Morgan fingerprint density at radius 3 is 1.15 bits per heavy atom. The van der Waals surface area contributed by atoms with Gasteiger partial charge >= 0.3 is 375 Å². The van der Waals surface area contributed by atoms with E-state index in [0.717, 1.165) is 89.0 Å². The van der Waals surface area contributed by atoms with Crippen LogP contribution in [-0.2, 0) is 0 Å². The molecule has 6 rings (SSSR count). The van der Waals surface area contributed by atoms with Crippen molar-refractivity contribution in [2.24, 2.45) is 0 Å². The molecule has 0 atom stereocenters. The van der Waals surface area contributed by atoms with Crippen LogP contribution in [0.2, 0.25) is 0 Å². The van der Waals surface area contributed by atoms with Crippen molar-refractivity contribution in [3.05, 3.63) is 163 Å². The van der Waals surface area contributed by atoms with Crippen molar-refractivity contribution in [3.8, 4) is 39.9 Å². The molecule has 0 aliphatic heterocycles. The number of hydrogen-bond donors (Lipinski definition) is 1. The fourth-order valence-corrected chi connectivity index (χ4v) is 12.0. The first kappa shape index (κ1) is 46.6. The fraction of sp³-hybridized carbons (Fsp3) is 0.333. The van der Waals surface area contributed by atoms with Crippen LogP contribution in [0.25, 0.3) is 11.1 Å². The van der Waals surface area contributed by atoms with Gasteiger partial charge in [-0.1, -0.05) is 0 Å². The molecule has 6 aromatic rings. The summed E-state index contributed by atoms with van der Waals surface area (Å²) in [5, 5.41) is 0.652. The van der Waals surface area contributed by atoms with E-state index in [2.05, 4.69) is 119 Å². The molecule has 62 heavy (non-hydrogen) atoms. The van der Waals surface area contributed by atoms with Crippen LogP contribution >= 0.6 is 16.5 Å². The minimum atomic E-state index is -4.50. The van der Waals surface area contributed by atoms with E-state index in [9.17, 15) is 4.89 Å². The zero-order valence-corrected chi connectivity index (χ0v) is 41.6.